The van der Waals surface area contributed by atoms with Gasteiger partial charge in [0.25, 0.3) is 0 Å². The lowest BCUT2D eigenvalue weighted by molar-refractivity contribution is -0.127. The third kappa shape index (κ3) is 3.39. The van der Waals surface area contributed by atoms with Crippen molar-refractivity contribution in [1.29, 1.82) is 0 Å². The van der Waals surface area contributed by atoms with Crippen molar-refractivity contribution in [3.63, 3.8) is 0 Å². The predicted octanol–water partition coefficient (Wildman–Crippen LogP) is 1.88. The van der Waals surface area contributed by atoms with Crippen molar-refractivity contribution in [2.75, 3.05) is 37.8 Å². The van der Waals surface area contributed by atoms with Gasteiger partial charge in [-0.05, 0) is 25.0 Å². The number of rotatable bonds is 5. The first-order chi connectivity index (χ1) is 8.47. The molecule has 0 spiro atoms. The number of benzene rings is 1. The lowest BCUT2D eigenvalue weighted by atomic mass is 10.1. The molecule has 0 aliphatic carbocycles. The molecule has 1 amide bonds. The smallest absolute Gasteiger partial charge is 0.241 e. The molecule has 18 heavy (non-hydrogen) atoms. The van der Waals surface area contributed by atoms with Crippen molar-refractivity contribution in [2.24, 2.45) is 0 Å². The lowest BCUT2D eigenvalue weighted by Gasteiger charge is -2.27. The fourth-order valence-corrected chi connectivity index (χ4v) is 1.80. The molecule has 0 atom stereocenters. The number of para-hydroxylation sites is 1. The molecule has 0 fully saturated rings. The number of carbonyl (C=O) groups excluding carboxylic acids is 1. The second kappa shape index (κ2) is 6.28. The first kappa shape index (κ1) is 14.4. The van der Waals surface area contributed by atoms with Gasteiger partial charge in [-0.25, -0.2) is 0 Å². The SMILES string of the molecule is CCCN(CC(=O)N(C)C)c1cccc(C)c1N. The number of nitrogens with two attached hydrogens (primary N) is 1. The Morgan fingerprint density at radius 2 is 2.00 bits per heavy atom. The van der Waals surface area contributed by atoms with Crippen LogP contribution in [0.15, 0.2) is 18.2 Å². The van der Waals surface area contributed by atoms with Gasteiger partial charge in [0, 0.05) is 20.6 Å². The van der Waals surface area contributed by atoms with Crippen LogP contribution in [0.4, 0.5) is 11.4 Å². The van der Waals surface area contributed by atoms with Crippen LogP contribution in [-0.4, -0.2) is 38.0 Å². The van der Waals surface area contributed by atoms with Gasteiger partial charge in [0.1, 0.15) is 0 Å². The summed E-state index contributed by atoms with van der Waals surface area (Å²) in [6.45, 7) is 5.28. The molecular formula is C14H23N3O. The summed E-state index contributed by atoms with van der Waals surface area (Å²) in [6.07, 6.45) is 0.980. The molecule has 1 aromatic carbocycles. The summed E-state index contributed by atoms with van der Waals surface area (Å²) in [5.41, 5.74) is 8.86. The van der Waals surface area contributed by atoms with Crippen molar-refractivity contribution in [2.45, 2.75) is 20.3 Å². The maximum Gasteiger partial charge on any atom is 0.241 e. The lowest BCUT2D eigenvalue weighted by Crippen LogP contribution is -2.37. The number of nitrogens with zero attached hydrogens (tertiary/aromatic N) is 2. The van der Waals surface area contributed by atoms with Crippen LogP contribution in [0.3, 0.4) is 0 Å². The summed E-state index contributed by atoms with van der Waals surface area (Å²) in [5.74, 6) is 0.0874. The van der Waals surface area contributed by atoms with Gasteiger partial charge in [0.05, 0.1) is 17.9 Å². The highest BCUT2D eigenvalue weighted by Gasteiger charge is 2.15. The Morgan fingerprint density at radius 1 is 1.33 bits per heavy atom. The molecule has 4 nitrogen and oxygen atoms in total. The zero-order chi connectivity index (χ0) is 13.7. The second-order valence-electron chi connectivity index (χ2n) is 4.72. The molecule has 0 heterocycles. The maximum absolute atomic E-state index is 11.8. The highest BCUT2D eigenvalue weighted by molar-refractivity contribution is 5.83. The van der Waals surface area contributed by atoms with E-state index in [0.29, 0.717) is 6.54 Å². The van der Waals surface area contributed by atoms with Crippen LogP contribution in [0.2, 0.25) is 0 Å². The minimum Gasteiger partial charge on any atom is -0.397 e. The molecule has 0 radical (unpaired) electrons. The van der Waals surface area contributed by atoms with Crippen molar-refractivity contribution in [1.82, 2.24) is 4.90 Å². The number of likely N-dealkylation sites (N-methyl/N-ethyl adjacent to an activating group) is 1. The second-order valence-corrected chi connectivity index (χ2v) is 4.72. The predicted molar refractivity (Wildman–Crippen MR) is 76.8 cm³/mol. The first-order valence-electron chi connectivity index (χ1n) is 6.27. The average molecular weight is 249 g/mol. The molecule has 0 aliphatic heterocycles. The fourth-order valence-electron chi connectivity index (χ4n) is 1.80. The van der Waals surface area contributed by atoms with E-state index >= 15 is 0 Å². The van der Waals surface area contributed by atoms with Crippen molar-refractivity contribution >= 4 is 17.3 Å². The molecule has 100 valence electrons. The van der Waals surface area contributed by atoms with Gasteiger partial charge in [0.15, 0.2) is 0 Å². The van der Waals surface area contributed by atoms with E-state index in [-0.39, 0.29) is 5.91 Å². The number of hydrogen-bond donors (Lipinski definition) is 1. The van der Waals surface area contributed by atoms with E-state index in [1.807, 2.05) is 30.0 Å². The van der Waals surface area contributed by atoms with Gasteiger partial charge >= 0.3 is 0 Å². The number of nitrogen functional groups attached to an aromatic ring is 1. The molecule has 0 aromatic heterocycles. The molecule has 0 bridgehead atoms. The van der Waals surface area contributed by atoms with Crippen LogP contribution in [-0.2, 0) is 4.79 Å². The van der Waals surface area contributed by atoms with Crippen molar-refractivity contribution < 1.29 is 4.79 Å². The number of hydrogen-bond acceptors (Lipinski definition) is 3. The quantitative estimate of drug-likeness (QED) is 0.811. The summed E-state index contributed by atoms with van der Waals surface area (Å²) in [7, 11) is 3.54. The monoisotopic (exact) mass is 249 g/mol. The number of aryl methyl sites for hydroxylation is 1. The van der Waals surface area contributed by atoms with E-state index in [0.717, 1.165) is 29.9 Å². The van der Waals surface area contributed by atoms with Gasteiger partial charge in [0.2, 0.25) is 5.91 Å². The fraction of sp³-hybridized carbons (Fsp3) is 0.500. The van der Waals surface area contributed by atoms with E-state index < -0.39 is 0 Å². The molecule has 2 N–H and O–H groups in total. The number of amides is 1. The van der Waals surface area contributed by atoms with Gasteiger partial charge in [-0.3, -0.25) is 4.79 Å². The summed E-state index contributed by atoms with van der Waals surface area (Å²) < 4.78 is 0. The summed E-state index contributed by atoms with van der Waals surface area (Å²) in [4.78, 5) is 15.5. The Kier molecular flexibility index (Phi) is 5.01. The van der Waals surface area contributed by atoms with Crippen molar-refractivity contribution in [3.05, 3.63) is 23.8 Å². The number of carbonyl (C=O) groups is 1. The van der Waals surface area contributed by atoms with Crippen LogP contribution >= 0.6 is 0 Å². The van der Waals surface area contributed by atoms with Crippen molar-refractivity contribution in [3.8, 4) is 0 Å². The van der Waals surface area contributed by atoms with Crippen LogP contribution in [0.1, 0.15) is 18.9 Å². The maximum atomic E-state index is 11.8. The highest BCUT2D eigenvalue weighted by atomic mass is 16.2. The largest absolute Gasteiger partial charge is 0.397 e. The van der Waals surface area contributed by atoms with E-state index in [1.54, 1.807) is 19.0 Å². The first-order valence-corrected chi connectivity index (χ1v) is 6.27. The van der Waals surface area contributed by atoms with E-state index in [2.05, 4.69) is 6.92 Å². The third-order valence-corrected chi connectivity index (χ3v) is 2.96. The van der Waals surface area contributed by atoms with Crippen LogP contribution < -0.4 is 10.6 Å². The highest BCUT2D eigenvalue weighted by Crippen LogP contribution is 2.26. The topological polar surface area (TPSA) is 49.6 Å². The summed E-state index contributed by atoms with van der Waals surface area (Å²) in [6, 6.07) is 5.93. The Bertz CT molecular complexity index is 416. The molecule has 1 aromatic rings. The normalized spacial score (nSPS) is 10.2. The molecule has 4 heteroatoms. The molecule has 1 rings (SSSR count). The summed E-state index contributed by atoms with van der Waals surface area (Å²) in [5, 5.41) is 0. The van der Waals surface area contributed by atoms with Gasteiger partial charge in [-0.2, -0.15) is 0 Å². The minimum absolute atomic E-state index is 0.0874. The Balaban J connectivity index is 2.97. The number of anilines is 2. The van der Waals surface area contributed by atoms with Crippen LogP contribution in [0.25, 0.3) is 0 Å². The zero-order valence-electron chi connectivity index (χ0n) is 11.7. The van der Waals surface area contributed by atoms with E-state index in [1.165, 1.54) is 0 Å². The van der Waals surface area contributed by atoms with Gasteiger partial charge in [-0.15, -0.1) is 0 Å². The third-order valence-electron chi connectivity index (χ3n) is 2.96. The molecule has 0 unspecified atom stereocenters. The van der Waals surface area contributed by atoms with Crippen LogP contribution in [0.5, 0.6) is 0 Å². The molecule has 0 saturated heterocycles. The van der Waals surface area contributed by atoms with E-state index in [4.69, 9.17) is 5.73 Å². The van der Waals surface area contributed by atoms with Crippen LogP contribution in [0, 0.1) is 6.92 Å². The Morgan fingerprint density at radius 3 is 2.56 bits per heavy atom. The summed E-state index contributed by atoms with van der Waals surface area (Å²) >= 11 is 0. The van der Waals surface area contributed by atoms with E-state index in [9.17, 15) is 4.79 Å². The Hall–Kier alpha value is -1.71. The van der Waals surface area contributed by atoms with Gasteiger partial charge < -0.3 is 15.5 Å². The Labute approximate surface area is 109 Å². The standard InChI is InChI=1S/C14H23N3O/c1-5-9-17(10-13(18)16(3)4)12-8-6-7-11(2)14(12)15/h6-8H,5,9-10,15H2,1-4H3. The minimum atomic E-state index is 0.0874. The zero-order valence-corrected chi connectivity index (χ0v) is 11.7. The molecular weight excluding hydrogens is 226 g/mol. The average Bonchev–Trinajstić information content (AvgIpc) is 2.32. The van der Waals surface area contributed by atoms with Gasteiger partial charge in [-0.1, -0.05) is 19.1 Å². The molecule has 0 saturated carbocycles. The molecule has 0 aliphatic rings.